The molecule has 0 radical (unpaired) electrons. The Labute approximate surface area is 129 Å². The predicted octanol–water partition coefficient (Wildman–Crippen LogP) is 2.01. The molecule has 0 saturated carbocycles. The highest BCUT2D eigenvalue weighted by molar-refractivity contribution is 5.99. The van der Waals surface area contributed by atoms with E-state index in [0.717, 1.165) is 12.8 Å². The van der Waals surface area contributed by atoms with Gasteiger partial charge in [0.25, 0.3) is 11.6 Å². The first kappa shape index (κ1) is 16.2. The lowest BCUT2D eigenvalue weighted by Gasteiger charge is -2.16. The molecule has 1 aliphatic heterocycles. The zero-order valence-electron chi connectivity index (χ0n) is 12.6. The minimum Gasteiger partial charge on any atom is -0.393 e. The number of aliphatic hydroxyl groups is 1. The highest BCUT2D eigenvalue weighted by Gasteiger charge is 2.26. The van der Waals surface area contributed by atoms with E-state index >= 15 is 0 Å². The number of anilines is 1. The van der Waals surface area contributed by atoms with Crippen molar-refractivity contribution in [3.8, 4) is 0 Å². The molecule has 1 atom stereocenters. The van der Waals surface area contributed by atoms with Gasteiger partial charge in [0.05, 0.1) is 11.0 Å². The topological polar surface area (TPSA) is 95.7 Å². The maximum atomic E-state index is 12.5. The van der Waals surface area contributed by atoms with E-state index in [1.807, 2.05) is 0 Å². The van der Waals surface area contributed by atoms with Crippen LogP contribution in [0.4, 0.5) is 11.4 Å². The fourth-order valence-corrected chi connectivity index (χ4v) is 2.49. The van der Waals surface area contributed by atoms with Gasteiger partial charge in [0, 0.05) is 31.4 Å². The summed E-state index contributed by atoms with van der Waals surface area (Å²) < 4.78 is 0. The number of hydrogen-bond donors (Lipinski definition) is 2. The molecule has 7 heteroatoms. The molecule has 2 N–H and O–H groups in total. The summed E-state index contributed by atoms with van der Waals surface area (Å²) in [4.78, 5) is 24.7. The molecule has 1 aliphatic rings. The van der Waals surface area contributed by atoms with Crippen LogP contribution in [0.1, 0.15) is 36.5 Å². The van der Waals surface area contributed by atoms with E-state index in [4.69, 9.17) is 0 Å². The number of hydrogen-bond acceptors (Lipinski definition) is 5. The second-order valence-corrected chi connectivity index (χ2v) is 5.55. The molecule has 1 unspecified atom stereocenters. The Morgan fingerprint density at radius 2 is 2.14 bits per heavy atom. The van der Waals surface area contributed by atoms with Crippen molar-refractivity contribution in [3.05, 3.63) is 33.9 Å². The summed E-state index contributed by atoms with van der Waals surface area (Å²) in [5.74, 6) is -0.289. The van der Waals surface area contributed by atoms with Crippen molar-refractivity contribution in [2.75, 3.05) is 25.0 Å². The minimum atomic E-state index is -0.525. The summed E-state index contributed by atoms with van der Waals surface area (Å²) in [6.07, 6.45) is 2.01. The number of amides is 1. The first-order valence-corrected chi connectivity index (χ1v) is 7.48. The van der Waals surface area contributed by atoms with E-state index in [9.17, 15) is 20.0 Å². The third-order valence-electron chi connectivity index (χ3n) is 3.71. The fraction of sp³-hybridized carbons (Fsp3) is 0.533. The number of aliphatic hydroxyl groups excluding tert-OH is 1. The largest absolute Gasteiger partial charge is 0.393 e. The van der Waals surface area contributed by atoms with Crippen molar-refractivity contribution in [2.24, 2.45) is 0 Å². The zero-order chi connectivity index (χ0) is 16.1. The fourth-order valence-electron chi connectivity index (χ4n) is 2.49. The molecule has 2 rings (SSSR count). The van der Waals surface area contributed by atoms with E-state index in [-0.39, 0.29) is 17.2 Å². The number of nitrogens with one attached hydrogen (secondary N) is 1. The van der Waals surface area contributed by atoms with Crippen molar-refractivity contribution < 1.29 is 14.8 Å². The minimum absolute atomic E-state index is 0.119. The normalized spacial score (nSPS) is 15.6. The highest BCUT2D eigenvalue weighted by Crippen LogP contribution is 2.25. The molecule has 22 heavy (non-hydrogen) atoms. The first-order chi connectivity index (χ1) is 10.5. The summed E-state index contributed by atoms with van der Waals surface area (Å²) in [6.45, 7) is 3.53. The summed E-state index contributed by atoms with van der Waals surface area (Å²) in [5, 5.41) is 23.5. The standard InChI is InChI=1S/C15H21N3O4/c1-11(19)6-7-16-12-4-5-14(18(21)22)13(10-12)15(20)17-8-2-3-9-17/h4-5,10-11,16,19H,2-3,6-9H2,1H3. The predicted molar refractivity (Wildman–Crippen MR) is 83.0 cm³/mol. The second kappa shape index (κ2) is 7.22. The molecule has 0 aromatic heterocycles. The lowest BCUT2D eigenvalue weighted by atomic mass is 10.1. The Morgan fingerprint density at radius 3 is 2.73 bits per heavy atom. The second-order valence-electron chi connectivity index (χ2n) is 5.55. The van der Waals surface area contributed by atoms with Gasteiger partial charge >= 0.3 is 0 Å². The van der Waals surface area contributed by atoms with Crippen LogP contribution in [-0.4, -0.2) is 46.6 Å². The van der Waals surface area contributed by atoms with E-state index in [1.165, 1.54) is 12.1 Å². The number of nitro benzene ring substituents is 1. The van der Waals surface area contributed by atoms with E-state index in [0.29, 0.717) is 31.7 Å². The smallest absolute Gasteiger partial charge is 0.282 e. The van der Waals surface area contributed by atoms with Crippen molar-refractivity contribution >= 4 is 17.3 Å². The maximum Gasteiger partial charge on any atom is 0.282 e. The summed E-state index contributed by atoms with van der Waals surface area (Å²) in [5.41, 5.74) is 0.598. The summed E-state index contributed by atoms with van der Waals surface area (Å²) >= 11 is 0. The van der Waals surface area contributed by atoms with Crippen LogP contribution in [0.15, 0.2) is 18.2 Å². The number of nitrogens with zero attached hydrogens (tertiary/aromatic N) is 2. The van der Waals surface area contributed by atoms with Gasteiger partial charge in [0.15, 0.2) is 0 Å². The number of nitro groups is 1. The van der Waals surface area contributed by atoms with Crippen LogP contribution in [0.2, 0.25) is 0 Å². The molecule has 0 bridgehead atoms. The van der Waals surface area contributed by atoms with E-state index < -0.39 is 11.0 Å². The Bertz CT molecular complexity index is 554. The van der Waals surface area contributed by atoms with Gasteiger partial charge in [0.2, 0.25) is 0 Å². The van der Waals surface area contributed by atoms with Crippen molar-refractivity contribution in [3.63, 3.8) is 0 Å². The molecular weight excluding hydrogens is 286 g/mol. The third-order valence-corrected chi connectivity index (χ3v) is 3.71. The third kappa shape index (κ3) is 3.94. The first-order valence-electron chi connectivity index (χ1n) is 7.48. The van der Waals surface area contributed by atoms with Gasteiger partial charge in [-0.2, -0.15) is 0 Å². The van der Waals surface area contributed by atoms with Crippen LogP contribution < -0.4 is 5.32 Å². The monoisotopic (exact) mass is 307 g/mol. The zero-order valence-corrected chi connectivity index (χ0v) is 12.6. The number of likely N-dealkylation sites (tertiary alicyclic amines) is 1. The van der Waals surface area contributed by atoms with Gasteiger partial charge in [-0.1, -0.05) is 0 Å². The SMILES string of the molecule is CC(O)CCNc1ccc([N+](=O)[O-])c(C(=O)N2CCCC2)c1. The number of carbonyl (C=O) groups is 1. The van der Waals surface area contributed by atoms with Crippen molar-refractivity contribution in [1.29, 1.82) is 0 Å². The van der Waals surface area contributed by atoms with Gasteiger partial charge in [-0.25, -0.2) is 0 Å². The molecule has 7 nitrogen and oxygen atoms in total. The number of carbonyl (C=O) groups excluding carboxylic acids is 1. The highest BCUT2D eigenvalue weighted by atomic mass is 16.6. The lowest BCUT2D eigenvalue weighted by molar-refractivity contribution is -0.385. The number of benzene rings is 1. The molecule has 1 saturated heterocycles. The van der Waals surface area contributed by atoms with Crippen LogP contribution in [0.25, 0.3) is 0 Å². The maximum absolute atomic E-state index is 12.5. The molecule has 1 amide bonds. The van der Waals surface area contributed by atoms with Gasteiger partial charge in [-0.05, 0) is 38.3 Å². The Morgan fingerprint density at radius 1 is 1.45 bits per heavy atom. The number of rotatable bonds is 6. The molecule has 120 valence electrons. The Kier molecular flexibility index (Phi) is 5.32. The molecule has 1 aromatic carbocycles. The lowest BCUT2D eigenvalue weighted by Crippen LogP contribution is -2.28. The van der Waals surface area contributed by atoms with Gasteiger partial charge in [-0.15, -0.1) is 0 Å². The van der Waals surface area contributed by atoms with Gasteiger partial charge in [0.1, 0.15) is 5.56 Å². The average Bonchev–Trinajstić information content (AvgIpc) is 3.00. The molecule has 1 heterocycles. The Balaban J connectivity index is 2.19. The van der Waals surface area contributed by atoms with Crippen LogP contribution in [0.3, 0.4) is 0 Å². The van der Waals surface area contributed by atoms with Crippen molar-refractivity contribution in [2.45, 2.75) is 32.3 Å². The summed E-state index contributed by atoms with van der Waals surface area (Å²) in [6, 6.07) is 4.47. The van der Waals surface area contributed by atoms with Crippen LogP contribution in [0.5, 0.6) is 0 Å². The quantitative estimate of drug-likeness (QED) is 0.619. The van der Waals surface area contributed by atoms with Crippen LogP contribution in [0, 0.1) is 10.1 Å². The van der Waals surface area contributed by atoms with Crippen LogP contribution >= 0.6 is 0 Å². The van der Waals surface area contributed by atoms with Crippen LogP contribution in [-0.2, 0) is 0 Å². The van der Waals surface area contributed by atoms with Crippen molar-refractivity contribution in [1.82, 2.24) is 4.90 Å². The molecule has 0 spiro atoms. The summed E-state index contributed by atoms with van der Waals surface area (Å²) in [7, 11) is 0. The van der Waals surface area contributed by atoms with E-state index in [2.05, 4.69) is 5.32 Å². The molecule has 1 fully saturated rings. The van der Waals surface area contributed by atoms with E-state index in [1.54, 1.807) is 17.9 Å². The average molecular weight is 307 g/mol. The molecule has 0 aliphatic carbocycles. The molecular formula is C15H21N3O4. The molecule has 1 aromatic rings. The Hall–Kier alpha value is -2.15. The van der Waals surface area contributed by atoms with Gasteiger partial charge in [-0.3, -0.25) is 14.9 Å². The van der Waals surface area contributed by atoms with Gasteiger partial charge < -0.3 is 15.3 Å².